The number of halogens is 3. The van der Waals surface area contributed by atoms with E-state index in [0.29, 0.717) is 36.8 Å². The molecule has 1 amide bonds. The number of carbonyl (C=O) groups excluding carboxylic acids is 1. The van der Waals surface area contributed by atoms with Gasteiger partial charge in [0.1, 0.15) is 0 Å². The number of sulfonamides is 1. The molecular weight excluding hydrogens is 495 g/mol. The topological polar surface area (TPSA) is 127 Å². The Morgan fingerprint density at radius 1 is 1.03 bits per heavy atom. The highest BCUT2D eigenvalue weighted by Crippen LogP contribution is 2.38. The molecule has 0 saturated heterocycles. The van der Waals surface area contributed by atoms with E-state index in [0.717, 1.165) is 0 Å². The molecule has 12 heteroatoms. The Bertz CT molecular complexity index is 1330. The molecule has 3 aromatic rings. The molecule has 1 saturated carbocycles. The van der Waals surface area contributed by atoms with Gasteiger partial charge in [0, 0.05) is 23.5 Å². The van der Waals surface area contributed by atoms with Crippen LogP contribution in [-0.2, 0) is 27.4 Å². The number of nitrogens with two attached hydrogens (primary N) is 1. The van der Waals surface area contributed by atoms with Gasteiger partial charge >= 0.3 is 6.18 Å². The lowest BCUT2D eigenvalue weighted by Gasteiger charge is -2.19. The van der Waals surface area contributed by atoms with Crippen molar-refractivity contribution in [3.63, 3.8) is 0 Å². The normalized spacial score (nSPS) is 18.1. The largest absolute Gasteiger partial charge is 0.419 e. The SMILES string of the molecule is NC(=O)[C@H]1CCC[C@H]1Cc1nc(Nc2ccc(S(=O)(=O)Nc3ccccc3)cc2)ncc1C(F)(F)F. The zero-order valence-corrected chi connectivity index (χ0v) is 19.8. The van der Waals surface area contributed by atoms with E-state index in [1.807, 2.05) is 0 Å². The van der Waals surface area contributed by atoms with Gasteiger partial charge in [0.25, 0.3) is 10.0 Å². The molecule has 0 bridgehead atoms. The van der Waals surface area contributed by atoms with Crippen LogP contribution in [0.25, 0.3) is 0 Å². The van der Waals surface area contributed by atoms with E-state index >= 15 is 0 Å². The molecule has 0 radical (unpaired) electrons. The van der Waals surface area contributed by atoms with Gasteiger partial charge < -0.3 is 11.1 Å². The van der Waals surface area contributed by atoms with Crippen LogP contribution in [0.2, 0.25) is 0 Å². The van der Waals surface area contributed by atoms with E-state index in [-0.39, 0.29) is 28.9 Å². The number of primary amides is 1. The summed E-state index contributed by atoms with van der Waals surface area (Å²) in [5, 5.41) is 2.81. The van der Waals surface area contributed by atoms with Crippen molar-refractivity contribution in [1.82, 2.24) is 9.97 Å². The minimum absolute atomic E-state index is 0.00431. The van der Waals surface area contributed by atoms with Crippen LogP contribution in [0.1, 0.15) is 30.5 Å². The Labute approximate surface area is 206 Å². The number of para-hydroxylation sites is 1. The van der Waals surface area contributed by atoms with Gasteiger partial charge in [-0.3, -0.25) is 9.52 Å². The molecule has 0 spiro atoms. The predicted octanol–water partition coefficient (Wildman–Crippen LogP) is 4.48. The van der Waals surface area contributed by atoms with Crippen LogP contribution in [0, 0.1) is 11.8 Å². The van der Waals surface area contributed by atoms with Crippen LogP contribution in [0.4, 0.5) is 30.5 Å². The van der Waals surface area contributed by atoms with Crippen molar-refractivity contribution in [3.8, 4) is 0 Å². The van der Waals surface area contributed by atoms with Gasteiger partial charge in [-0.25, -0.2) is 18.4 Å². The highest BCUT2D eigenvalue weighted by atomic mass is 32.2. The van der Waals surface area contributed by atoms with Gasteiger partial charge in [0.15, 0.2) is 0 Å². The van der Waals surface area contributed by atoms with Crippen molar-refractivity contribution in [2.45, 2.75) is 36.8 Å². The Balaban J connectivity index is 1.53. The summed E-state index contributed by atoms with van der Waals surface area (Å²) >= 11 is 0. The average molecular weight is 520 g/mol. The van der Waals surface area contributed by atoms with Crippen LogP contribution >= 0.6 is 0 Å². The van der Waals surface area contributed by atoms with E-state index in [1.54, 1.807) is 30.3 Å². The molecule has 4 N–H and O–H groups in total. The molecule has 1 heterocycles. The second-order valence-corrected chi connectivity index (χ2v) is 10.3. The van der Waals surface area contributed by atoms with Crippen molar-refractivity contribution in [2.24, 2.45) is 17.6 Å². The molecule has 4 rings (SSSR count). The minimum atomic E-state index is -4.66. The maximum atomic E-state index is 13.6. The molecule has 0 unspecified atom stereocenters. The first-order valence-corrected chi connectivity index (χ1v) is 12.7. The summed E-state index contributed by atoms with van der Waals surface area (Å²) in [6.45, 7) is 0. The maximum Gasteiger partial charge on any atom is 0.419 e. The van der Waals surface area contributed by atoms with Crippen molar-refractivity contribution in [2.75, 3.05) is 10.0 Å². The third-order valence-corrected chi connectivity index (χ3v) is 7.50. The number of amides is 1. The number of benzene rings is 2. The smallest absolute Gasteiger partial charge is 0.369 e. The molecule has 2 aromatic carbocycles. The lowest BCUT2D eigenvalue weighted by Crippen LogP contribution is -2.28. The Kier molecular flexibility index (Phi) is 7.16. The Hall–Kier alpha value is -3.67. The first kappa shape index (κ1) is 25.4. The summed E-state index contributed by atoms with van der Waals surface area (Å²) in [6, 6.07) is 14.0. The molecule has 1 aliphatic rings. The van der Waals surface area contributed by atoms with Crippen LogP contribution in [0.3, 0.4) is 0 Å². The average Bonchev–Trinajstić information content (AvgIpc) is 3.28. The first-order valence-electron chi connectivity index (χ1n) is 11.2. The fraction of sp³-hybridized carbons (Fsp3) is 0.292. The summed E-state index contributed by atoms with van der Waals surface area (Å²) in [4.78, 5) is 19.6. The number of hydrogen-bond donors (Lipinski definition) is 3. The third kappa shape index (κ3) is 5.93. The van der Waals surface area contributed by atoms with E-state index in [4.69, 9.17) is 5.73 Å². The highest BCUT2D eigenvalue weighted by molar-refractivity contribution is 7.92. The monoisotopic (exact) mass is 519 g/mol. The zero-order chi connectivity index (χ0) is 25.9. The lowest BCUT2D eigenvalue weighted by atomic mass is 9.90. The number of rotatable bonds is 8. The van der Waals surface area contributed by atoms with Gasteiger partial charge in [-0.2, -0.15) is 13.2 Å². The number of nitrogens with zero attached hydrogens (tertiary/aromatic N) is 2. The number of aromatic nitrogens is 2. The van der Waals surface area contributed by atoms with Crippen molar-refractivity contribution >= 4 is 33.3 Å². The summed E-state index contributed by atoms with van der Waals surface area (Å²) < 4.78 is 68.4. The molecule has 36 heavy (non-hydrogen) atoms. The van der Waals surface area contributed by atoms with Crippen molar-refractivity contribution in [3.05, 3.63) is 72.1 Å². The lowest BCUT2D eigenvalue weighted by molar-refractivity contribution is -0.138. The fourth-order valence-corrected chi connectivity index (χ4v) is 5.40. The van der Waals surface area contributed by atoms with E-state index in [9.17, 15) is 26.4 Å². The standard InChI is InChI=1S/C24H24F3N5O3S/c25-24(26,27)20-14-29-23(31-21(20)13-15-5-4-8-19(15)22(28)33)30-16-9-11-18(12-10-16)36(34,35)32-17-6-2-1-3-7-17/h1-3,6-7,9-12,14-15,19,32H,4-5,8,13H2,(H2,28,33)(H,29,30,31)/t15-,19-/m0/s1. The Morgan fingerprint density at radius 2 is 1.72 bits per heavy atom. The first-order chi connectivity index (χ1) is 17.0. The highest BCUT2D eigenvalue weighted by Gasteiger charge is 2.38. The third-order valence-electron chi connectivity index (χ3n) is 6.10. The van der Waals surface area contributed by atoms with Gasteiger partial charge in [0.05, 0.1) is 16.2 Å². The molecular formula is C24H24F3N5O3S. The number of hydrogen-bond acceptors (Lipinski definition) is 6. The Morgan fingerprint density at radius 3 is 2.36 bits per heavy atom. The molecule has 1 aliphatic carbocycles. The number of carbonyl (C=O) groups is 1. The van der Waals surface area contributed by atoms with Crippen LogP contribution in [0.5, 0.6) is 0 Å². The number of alkyl halides is 3. The predicted molar refractivity (Wildman–Crippen MR) is 128 cm³/mol. The van der Waals surface area contributed by atoms with Gasteiger partial charge in [-0.15, -0.1) is 0 Å². The molecule has 190 valence electrons. The zero-order valence-electron chi connectivity index (χ0n) is 19.0. The van der Waals surface area contributed by atoms with Crippen LogP contribution < -0.4 is 15.8 Å². The summed E-state index contributed by atoms with van der Waals surface area (Å²) in [7, 11) is -3.83. The van der Waals surface area contributed by atoms with E-state index in [1.165, 1.54) is 24.3 Å². The van der Waals surface area contributed by atoms with E-state index < -0.39 is 33.6 Å². The van der Waals surface area contributed by atoms with E-state index in [2.05, 4.69) is 20.0 Å². The van der Waals surface area contributed by atoms with Crippen LogP contribution in [0.15, 0.2) is 65.7 Å². The van der Waals surface area contributed by atoms with Crippen molar-refractivity contribution < 1.29 is 26.4 Å². The summed E-state index contributed by atoms with van der Waals surface area (Å²) in [6.07, 6.45) is -2.15. The number of nitrogens with one attached hydrogen (secondary N) is 2. The van der Waals surface area contributed by atoms with Crippen molar-refractivity contribution in [1.29, 1.82) is 0 Å². The summed E-state index contributed by atoms with van der Waals surface area (Å²) in [5.74, 6) is -1.41. The van der Waals surface area contributed by atoms with Gasteiger partial charge in [0.2, 0.25) is 11.9 Å². The minimum Gasteiger partial charge on any atom is -0.369 e. The molecule has 1 fully saturated rings. The quantitative estimate of drug-likeness (QED) is 0.403. The van der Waals surface area contributed by atoms with Gasteiger partial charge in [-0.05, 0) is 61.6 Å². The van der Waals surface area contributed by atoms with Crippen LogP contribution in [-0.4, -0.2) is 24.3 Å². The maximum absolute atomic E-state index is 13.6. The number of anilines is 3. The fourth-order valence-electron chi connectivity index (χ4n) is 4.34. The molecule has 2 atom stereocenters. The molecule has 0 aliphatic heterocycles. The second-order valence-electron chi connectivity index (χ2n) is 8.58. The van der Waals surface area contributed by atoms with Gasteiger partial charge in [-0.1, -0.05) is 24.6 Å². The molecule has 1 aromatic heterocycles. The molecule has 8 nitrogen and oxygen atoms in total. The second kappa shape index (κ2) is 10.1. The summed E-state index contributed by atoms with van der Waals surface area (Å²) in [5.41, 5.74) is 5.04.